The van der Waals surface area contributed by atoms with Gasteiger partial charge in [-0.1, -0.05) is 32.4 Å². The van der Waals surface area contributed by atoms with E-state index in [1.165, 1.54) is 0 Å². The van der Waals surface area contributed by atoms with E-state index in [-0.39, 0.29) is 0 Å². The molecule has 1 saturated heterocycles. The van der Waals surface area contributed by atoms with E-state index in [0.717, 1.165) is 19.3 Å². The topological polar surface area (TPSA) is 57.6 Å². The first kappa shape index (κ1) is 16.5. The molecule has 2 atom stereocenters. The van der Waals surface area contributed by atoms with Crippen LogP contribution < -0.4 is 0 Å². The Hall–Kier alpha value is -0.910. The van der Waals surface area contributed by atoms with Gasteiger partial charge in [0.05, 0.1) is 11.0 Å². The van der Waals surface area contributed by atoms with Crippen LogP contribution in [-0.2, 0) is 10.0 Å². The van der Waals surface area contributed by atoms with E-state index in [9.17, 15) is 13.5 Å². The van der Waals surface area contributed by atoms with E-state index in [0.29, 0.717) is 35.9 Å². The molecule has 21 heavy (non-hydrogen) atoms. The highest BCUT2D eigenvalue weighted by molar-refractivity contribution is 7.89. The molecule has 5 heteroatoms. The standard InChI is InChI=1S/C16H25NO3S/c1-3-13-7-6-10-17(12-13)21(19,20)15-9-5-8-14(11-15)16(18)4-2/h5,8-9,11,13,16,18H,3-4,6-7,10,12H2,1-2H3. The lowest BCUT2D eigenvalue weighted by atomic mass is 9.97. The van der Waals surface area contributed by atoms with Crippen LogP contribution in [0.4, 0.5) is 0 Å². The summed E-state index contributed by atoms with van der Waals surface area (Å²) in [4.78, 5) is 0.296. The van der Waals surface area contributed by atoms with Crippen molar-refractivity contribution in [3.8, 4) is 0 Å². The van der Waals surface area contributed by atoms with Crippen molar-refractivity contribution in [1.29, 1.82) is 0 Å². The summed E-state index contributed by atoms with van der Waals surface area (Å²) in [7, 11) is -3.45. The molecule has 0 saturated carbocycles. The summed E-state index contributed by atoms with van der Waals surface area (Å²) >= 11 is 0. The first-order valence-electron chi connectivity index (χ1n) is 7.77. The van der Waals surface area contributed by atoms with E-state index >= 15 is 0 Å². The Balaban J connectivity index is 2.27. The van der Waals surface area contributed by atoms with Crippen LogP contribution in [0.2, 0.25) is 0 Å². The molecule has 2 unspecified atom stereocenters. The number of benzene rings is 1. The number of hydrogen-bond donors (Lipinski definition) is 1. The van der Waals surface area contributed by atoms with Gasteiger partial charge in [0, 0.05) is 13.1 Å². The summed E-state index contributed by atoms with van der Waals surface area (Å²) in [5, 5.41) is 9.90. The average Bonchev–Trinajstić information content (AvgIpc) is 2.54. The van der Waals surface area contributed by atoms with Gasteiger partial charge < -0.3 is 5.11 Å². The third-order valence-electron chi connectivity index (χ3n) is 4.33. The Labute approximate surface area is 127 Å². The smallest absolute Gasteiger partial charge is 0.243 e. The lowest BCUT2D eigenvalue weighted by molar-refractivity contribution is 0.173. The van der Waals surface area contributed by atoms with Crippen LogP contribution >= 0.6 is 0 Å². The van der Waals surface area contributed by atoms with Crippen LogP contribution in [-0.4, -0.2) is 30.9 Å². The Kier molecular flexibility index (Phi) is 5.41. The molecule has 1 N–H and O–H groups in total. The zero-order valence-electron chi connectivity index (χ0n) is 12.8. The molecule has 1 aromatic rings. The van der Waals surface area contributed by atoms with Crippen molar-refractivity contribution in [3.63, 3.8) is 0 Å². The average molecular weight is 311 g/mol. The van der Waals surface area contributed by atoms with E-state index < -0.39 is 16.1 Å². The number of aliphatic hydroxyl groups excluding tert-OH is 1. The second-order valence-corrected chi connectivity index (χ2v) is 7.71. The number of hydrogen-bond acceptors (Lipinski definition) is 3. The molecule has 1 aromatic carbocycles. The number of sulfonamides is 1. The van der Waals surface area contributed by atoms with E-state index in [2.05, 4.69) is 6.92 Å². The SMILES string of the molecule is CCC1CCCN(S(=O)(=O)c2cccc(C(O)CC)c2)C1. The summed E-state index contributed by atoms with van der Waals surface area (Å²) in [6.45, 7) is 5.19. The second-order valence-electron chi connectivity index (χ2n) is 5.78. The van der Waals surface area contributed by atoms with Gasteiger partial charge in [0.25, 0.3) is 0 Å². The Morgan fingerprint density at radius 1 is 1.38 bits per heavy atom. The van der Waals surface area contributed by atoms with Crippen molar-refractivity contribution in [3.05, 3.63) is 29.8 Å². The van der Waals surface area contributed by atoms with Crippen molar-refractivity contribution in [2.45, 2.75) is 50.5 Å². The maximum atomic E-state index is 12.8. The zero-order valence-corrected chi connectivity index (χ0v) is 13.6. The molecule has 1 aliphatic heterocycles. The minimum absolute atomic E-state index is 0.296. The molecule has 118 valence electrons. The highest BCUT2D eigenvalue weighted by Gasteiger charge is 2.29. The van der Waals surface area contributed by atoms with Gasteiger partial charge in [-0.05, 0) is 42.9 Å². The third kappa shape index (κ3) is 3.65. The second kappa shape index (κ2) is 6.90. The molecular weight excluding hydrogens is 286 g/mol. The van der Waals surface area contributed by atoms with Crippen molar-refractivity contribution >= 4 is 10.0 Å². The molecule has 1 heterocycles. The predicted octanol–water partition coefficient (Wildman–Crippen LogP) is 2.94. The fourth-order valence-corrected chi connectivity index (χ4v) is 4.46. The summed E-state index contributed by atoms with van der Waals surface area (Å²) in [6, 6.07) is 6.72. The van der Waals surface area contributed by atoms with Crippen LogP contribution in [0.1, 0.15) is 51.2 Å². The van der Waals surface area contributed by atoms with E-state index in [1.807, 2.05) is 6.92 Å². The third-order valence-corrected chi connectivity index (χ3v) is 6.19. The van der Waals surface area contributed by atoms with Gasteiger partial charge in [0.1, 0.15) is 0 Å². The molecule has 0 aliphatic carbocycles. The van der Waals surface area contributed by atoms with Crippen LogP contribution in [0.5, 0.6) is 0 Å². The summed E-state index contributed by atoms with van der Waals surface area (Å²) in [5.41, 5.74) is 0.669. The molecular formula is C16H25NO3S. The van der Waals surface area contributed by atoms with Crippen molar-refractivity contribution in [2.75, 3.05) is 13.1 Å². The number of aliphatic hydroxyl groups is 1. The van der Waals surface area contributed by atoms with Gasteiger partial charge in [0.2, 0.25) is 10.0 Å². The molecule has 1 aliphatic rings. The van der Waals surface area contributed by atoms with Gasteiger partial charge in [-0.25, -0.2) is 8.42 Å². The Morgan fingerprint density at radius 2 is 2.14 bits per heavy atom. The minimum atomic E-state index is -3.45. The number of rotatable bonds is 5. The van der Waals surface area contributed by atoms with Gasteiger partial charge in [-0.15, -0.1) is 0 Å². The van der Waals surface area contributed by atoms with Crippen LogP contribution in [0.3, 0.4) is 0 Å². The fourth-order valence-electron chi connectivity index (χ4n) is 2.85. The lowest BCUT2D eigenvalue weighted by Gasteiger charge is -2.31. The quantitative estimate of drug-likeness (QED) is 0.909. The number of piperidine rings is 1. The fraction of sp³-hybridized carbons (Fsp3) is 0.625. The van der Waals surface area contributed by atoms with Gasteiger partial charge >= 0.3 is 0 Å². The first-order chi connectivity index (χ1) is 9.98. The summed E-state index contributed by atoms with van der Waals surface area (Å²) in [5.74, 6) is 0.456. The summed E-state index contributed by atoms with van der Waals surface area (Å²) < 4.78 is 27.1. The van der Waals surface area contributed by atoms with Gasteiger partial charge in [-0.2, -0.15) is 4.31 Å². The Bertz CT molecular complexity index is 571. The Morgan fingerprint density at radius 3 is 2.81 bits per heavy atom. The minimum Gasteiger partial charge on any atom is -0.388 e. The molecule has 1 fully saturated rings. The van der Waals surface area contributed by atoms with Crippen molar-refractivity contribution in [1.82, 2.24) is 4.31 Å². The van der Waals surface area contributed by atoms with E-state index in [4.69, 9.17) is 0 Å². The predicted molar refractivity (Wildman–Crippen MR) is 83.5 cm³/mol. The van der Waals surface area contributed by atoms with Crippen LogP contribution in [0.25, 0.3) is 0 Å². The molecule has 0 radical (unpaired) electrons. The monoisotopic (exact) mass is 311 g/mol. The lowest BCUT2D eigenvalue weighted by Crippen LogP contribution is -2.39. The molecule has 0 spiro atoms. The van der Waals surface area contributed by atoms with Crippen molar-refractivity contribution in [2.24, 2.45) is 5.92 Å². The van der Waals surface area contributed by atoms with Gasteiger partial charge in [-0.3, -0.25) is 0 Å². The number of nitrogens with zero attached hydrogens (tertiary/aromatic N) is 1. The summed E-state index contributed by atoms with van der Waals surface area (Å²) in [6.07, 6.45) is 3.02. The molecule has 2 rings (SSSR count). The maximum absolute atomic E-state index is 12.8. The van der Waals surface area contributed by atoms with E-state index in [1.54, 1.807) is 28.6 Å². The van der Waals surface area contributed by atoms with Gasteiger partial charge in [0.15, 0.2) is 0 Å². The maximum Gasteiger partial charge on any atom is 0.243 e. The first-order valence-corrected chi connectivity index (χ1v) is 9.21. The largest absolute Gasteiger partial charge is 0.388 e. The molecule has 0 amide bonds. The molecule has 0 aromatic heterocycles. The van der Waals surface area contributed by atoms with Crippen LogP contribution in [0, 0.1) is 5.92 Å². The van der Waals surface area contributed by atoms with Crippen molar-refractivity contribution < 1.29 is 13.5 Å². The highest BCUT2D eigenvalue weighted by Crippen LogP contribution is 2.27. The normalized spacial score (nSPS) is 22.1. The van der Waals surface area contributed by atoms with Crippen LogP contribution in [0.15, 0.2) is 29.2 Å². The zero-order chi connectivity index (χ0) is 15.5. The highest BCUT2D eigenvalue weighted by atomic mass is 32.2. The molecule has 0 bridgehead atoms. The molecule has 4 nitrogen and oxygen atoms in total.